The Labute approximate surface area is 128 Å². The summed E-state index contributed by atoms with van der Waals surface area (Å²) >= 11 is 0. The number of rotatable bonds is 6. The van der Waals surface area contributed by atoms with E-state index in [4.69, 9.17) is 0 Å². The summed E-state index contributed by atoms with van der Waals surface area (Å²) in [6.45, 7) is 6.20. The van der Waals surface area contributed by atoms with Crippen molar-refractivity contribution in [2.24, 2.45) is 5.92 Å². The van der Waals surface area contributed by atoms with Crippen LogP contribution >= 0.6 is 0 Å². The van der Waals surface area contributed by atoms with E-state index in [1.807, 2.05) is 31.2 Å². The van der Waals surface area contributed by atoms with Gasteiger partial charge in [0.05, 0.1) is 0 Å². The number of aryl methyl sites for hydroxylation is 2. The third-order valence-corrected chi connectivity index (χ3v) is 3.92. The van der Waals surface area contributed by atoms with Gasteiger partial charge in [0.2, 0.25) is 0 Å². The second kappa shape index (κ2) is 7.26. The zero-order valence-corrected chi connectivity index (χ0v) is 13.1. The van der Waals surface area contributed by atoms with Gasteiger partial charge in [-0.3, -0.25) is 4.79 Å². The lowest BCUT2D eigenvalue weighted by molar-refractivity contribution is 0.0927. The van der Waals surface area contributed by atoms with Crippen LogP contribution in [0.25, 0.3) is 0 Å². The molecule has 107 valence electrons. The molecule has 0 spiro atoms. The number of hydrogen-bond donors (Lipinski definition) is 0. The Hall–Kier alpha value is -1.83. The monoisotopic (exact) mass is 277 g/mol. The summed E-state index contributed by atoms with van der Waals surface area (Å²) in [7, 11) is 2.17. The topological polar surface area (TPSA) is 17.1 Å². The molecule has 1 atom stereocenters. The summed E-state index contributed by atoms with van der Waals surface area (Å²) in [5.41, 5.74) is 4.46. The van der Waals surface area contributed by atoms with Crippen molar-refractivity contribution in [2.45, 2.75) is 33.5 Å². The van der Waals surface area contributed by atoms with Crippen LogP contribution in [-0.2, 0) is 0 Å². The third-order valence-electron chi connectivity index (χ3n) is 3.92. The summed E-state index contributed by atoms with van der Waals surface area (Å²) in [6, 6.07) is 16.3. The van der Waals surface area contributed by atoms with Gasteiger partial charge in [0, 0.05) is 11.5 Å². The lowest BCUT2D eigenvalue weighted by atomic mass is 9.62. The zero-order valence-electron chi connectivity index (χ0n) is 13.1. The fourth-order valence-corrected chi connectivity index (χ4v) is 2.39. The molecular formula is C19H22BO. The quantitative estimate of drug-likeness (QED) is 0.577. The number of benzene rings is 2. The fraction of sp³-hybridized carbons (Fsp3) is 0.316. The van der Waals surface area contributed by atoms with Gasteiger partial charge in [0.1, 0.15) is 0 Å². The van der Waals surface area contributed by atoms with Gasteiger partial charge < -0.3 is 0 Å². The van der Waals surface area contributed by atoms with E-state index in [1.54, 1.807) is 0 Å². The van der Waals surface area contributed by atoms with Gasteiger partial charge in [0.25, 0.3) is 0 Å². The Balaban J connectivity index is 2.00. The van der Waals surface area contributed by atoms with Gasteiger partial charge in [-0.2, -0.15) is 0 Å². The Morgan fingerprint density at radius 3 is 2.00 bits per heavy atom. The Kier molecular flexibility index (Phi) is 5.38. The highest BCUT2D eigenvalue weighted by atomic mass is 16.1. The van der Waals surface area contributed by atoms with E-state index >= 15 is 0 Å². The van der Waals surface area contributed by atoms with Crippen molar-refractivity contribution in [1.29, 1.82) is 0 Å². The maximum Gasteiger partial charge on any atom is 0.165 e. The minimum absolute atomic E-state index is 0.0639. The van der Waals surface area contributed by atoms with Crippen molar-refractivity contribution in [2.75, 3.05) is 0 Å². The minimum atomic E-state index is 0.0639. The van der Waals surface area contributed by atoms with Crippen molar-refractivity contribution in [3.05, 3.63) is 65.2 Å². The number of Topliss-reactive ketones (excluding diaryl/α,β-unsaturated/α-hetero) is 1. The van der Waals surface area contributed by atoms with Gasteiger partial charge in [-0.1, -0.05) is 78.4 Å². The van der Waals surface area contributed by atoms with Crippen LogP contribution in [0, 0.1) is 19.8 Å². The summed E-state index contributed by atoms with van der Waals surface area (Å²) in [5.74, 6) is 0.315. The van der Waals surface area contributed by atoms with Crippen molar-refractivity contribution in [3.63, 3.8) is 0 Å². The molecular weight excluding hydrogens is 255 g/mol. The fourth-order valence-electron chi connectivity index (χ4n) is 2.39. The molecule has 0 N–H and O–H groups in total. The Morgan fingerprint density at radius 2 is 1.48 bits per heavy atom. The van der Waals surface area contributed by atoms with E-state index in [2.05, 4.69) is 45.4 Å². The number of carbonyl (C=O) groups excluding carboxylic acids is 1. The predicted octanol–water partition coefficient (Wildman–Crippen LogP) is 3.96. The zero-order chi connectivity index (χ0) is 15.2. The summed E-state index contributed by atoms with van der Waals surface area (Å²) in [4.78, 5) is 12.5. The van der Waals surface area contributed by atoms with Crippen LogP contribution in [-0.4, -0.2) is 13.1 Å². The molecule has 0 aromatic heterocycles. The second-order valence-corrected chi connectivity index (χ2v) is 5.69. The molecule has 21 heavy (non-hydrogen) atoms. The lowest BCUT2D eigenvalue weighted by Gasteiger charge is -2.13. The molecule has 0 saturated heterocycles. The SMILES string of the molecule is CCC(C[B]c1ccc(C)cc1)C(=O)c1ccc(C)cc1. The van der Waals surface area contributed by atoms with Crippen LogP contribution in [0.5, 0.6) is 0 Å². The maximum atomic E-state index is 12.5. The first kappa shape index (κ1) is 15.6. The first-order chi connectivity index (χ1) is 10.1. The molecule has 1 radical (unpaired) electrons. The molecule has 0 aliphatic heterocycles. The molecule has 0 fully saturated rings. The molecule has 2 heteroatoms. The molecule has 0 heterocycles. The average Bonchev–Trinajstić information content (AvgIpc) is 2.50. The standard InChI is InChI=1S/C19H22BO/c1-4-16(13-20-18-11-7-15(3)8-12-18)19(21)17-9-5-14(2)6-10-17/h5-12,16H,4,13H2,1-3H3. The predicted molar refractivity (Wildman–Crippen MR) is 90.7 cm³/mol. The van der Waals surface area contributed by atoms with Gasteiger partial charge in [-0.15, -0.1) is 0 Å². The minimum Gasteiger partial charge on any atom is -0.294 e. The van der Waals surface area contributed by atoms with E-state index in [0.717, 1.165) is 18.3 Å². The molecule has 2 aromatic carbocycles. The molecule has 1 nitrogen and oxygen atoms in total. The summed E-state index contributed by atoms with van der Waals surface area (Å²) < 4.78 is 0. The number of hydrogen-bond acceptors (Lipinski definition) is 1. The van der Waals surface area contributed by atoms with Crippen molar-refractivity contribution in [1.82, 2.24) is 0 Å². The normalized spacial score (nSPS) is 12.0. The van der Waals surface area contributed by atoms with Gasteiger partial charge >= 0.3 is 0 Å². The highest BCUT2D eigenvalue weighted by Crippen LogP contribution is 2.17. The first-order valence-corrected chi connectivity index (χ1v) is 7.61. The smallest absolute Gasteiger partial charge is 0.165 e. The van der Waals surface area contributed by atoms with Crippen molar-refractivity contribution < 1.29 is 4.79 Å². The Bertz CT molecular complexity index is 584. The number of ketones is 1. The van der Waals surface area contributed by atoms with Gasteiger partial charge in [-0.25, -0.2) is 0 Å². The molecule has 0 aliphatic carbocycles. The van der Waals surface area contributed by atoms with Crippen LogP contribution in [0.3, 0.4) is 0 Å². The van der Waals surface area contributed by atoms with E-state index in [-0.39, 0.29) is 11.7 Å². The highest BCUT2D eigenvalue weighted by Gasteiger charge is 2.18. The highest BCUT2D eigenvalue weighted by molar-refractivity contribution is 6.53. The van der Waals surface area contributed by atoms with Gasteiger partial charge in [-0.05, 0) is 20.3 Å². The van der Waals surface area contributed by atoms with Crippen molar-refractivity contribution >= 4 is 18.5 Å². The Morgan fingerprint density at radius 1 is 0.952 bits per heavy atom. The number of carbonyl (C=O) groups is 1. The molecule has 2 aromatic rings. The van der Waals surface area contributed by atoms with Crippen LogP contribution in [0.1, 0.15) is 34.8 Å². The van der Waals surface area contributed by atoms with Crippen LogP contribution in [0.15, 0.2) is 48.5 Å². The molecule has 0 bridgehead atoms. The van der Waals surface area contributed by atoms with E-state index < -0.39 is 0 Å². The maximum absolute atomic E-state index is 12.5. The summed E-state index contributed by atoms with van der Waals surface area (Å²) in [5, 5.41) is 0. The molecule has 0 amide bonds. The van der Waals surface area contributed by atoms with E-state index in [0.29, 0.717) is 0 Å². The van der Waals surface area contributed by atoms with E-state index in [9.17, 15) is 4.79 Å². The molecule has 1 unspecified atom stereocenters. The lowest BCUT2D eigenvalue weighted by Crippen LogP contribution is -2.22. The summed E-state index contributed by atoms with van der Waals surface area (Å²) in [6.07, 6.45) is 1.67. The van der Waals surface area contributed by atoms with E-state index in [1.165, 1.54) is 16.6 Å². The largest absolute Gasteiger partial charge is 0.294 e. The third kappa shape index (κ3) is 4.32. The first-order valence-electron chi connectivity index (χ1n) is 7.61. The van der Waals surface area contributed by atoms with Crippen LogP contribution < -0.4 is 5.46 Å². The molecule has 2 rings (SSSR count). The molecule has 0 aliphatic rings. The van der Waals surface area contributed by atoms with Crippen LogP contribution in [0.2, 0.25) is 6.32 Å². The van der Waals surface area contributed by atoms with Crippen molar-refractivity contribution in [3.8, 4) is 0 Å². The average molecular weight is 277 g/mol. The second-order valence-electron chi connectivity index (χ2n) is 5.69. The molecule has 0 saturated carbocycles. The van der Waals surface area contributed by atoms with Gasteiger partial charge in [0.15, 0.2) is 13.1 Å². The van der Waals surface area contributed by atoms with Crippen LogP contribution in [0.4, 0.5) is 0 Å².